The first-order valence-corrected chi connectivity index (χ1v) is 6.43. The number of benzene rings is 1. The molecule has 0 aliphatic carbocycles. The van der Waals surface area contributed by atoms with Gasteiger partial charge in [-0.2, -0.15) is 0 Å². The fourth-order valence-corrected chi connectivity index (χ4v) is 1.57. The van der Waals surface area contributed by atoms with Crippen LogP contribution < -0.4 is 15.4 Å². The largest absolute Gasteiger partial charge is 0.497 e. The van der Waals surface area contributed by atoms with Gasteiger partial charge in [0.1, 0.15) is 5.75 Å². The lowest BCUT2D eigenvalue weighted by molar-refractivity contribution is -0.139. The number of hydrogen-bond acceptors (Lipinski definition) is 4. The van der Waals surface area contributed by atoms with Crippen molar-refractivity contribution in [1.82, 2.24) is 10.6 Å². The Labute approximate surface area is 118 Å². The molecule has 1 atom stereocenters. The van der Waals surface area contributed by atoms with Gasteiger partial charge in [0.2, 0.25) is 0 Å². The van der Waals surface area contributed by atoms with Gasteiger partial charge in [-0.25, -0.2) is 0 Å². The van der Waals surface area contributed by atoms with E-state index in [1.165, 1.54) is 0 Å². The molecule has 2 amide bonds. The summed E-state index contributed by atoms with van der Waals surface area (Å²) >= 11 is 0. The van der Waals surface area contributed by atoms with E-state index in [4.69, 9.17) is 9.84 Å². The summed E-state index contributed by atoms with van der Waals surface area (Å²) in [6, 6.07) is 6.80. The number of aliphatic hydroxyl groups is 1. The summed E-state index contributed by atoms with van der Waals surface area (Å²) < 4.78 is 5.07. The number of nitrogens with one attached hydrogen (secondary N) is 2. The van der Waals surface area contributed by atoms with Crippen LogP contribution in [-0.4, -0.2) is 36.7 Å². The van der Waals surface area contributed by atoms with Crippen LogP contribution in [0.15, 0.2) is 24.3 Å². The molecule has 110 valence electrons. The van der Waals surface area contributed by atoms with Crippen LogP contribution in [0.3, 0.4) is 0 Å². The van der Waals surface area contributed by atoms with Crippen molar-refractivity contribution in [3.05, 3.63) is 29.8 Å². The molecule has 0 bridgehead atoms. The van der Waals surface area contributed by atoms with Crippen LogP contribution in [0.2, 0.25) is 0 Å². The summed E-state index contributed by atoms with van der Waals surface area (Å²) in [6.07, 6.45) is 0.561. The molecule has 1 rings (SSSR count). The fraction of sp³-hybridized carbons (Fsp3) is 0.429. The summed E-state index contributed by atoms with van der Waals surface area (Å²) in [5.41, 5.74) is 0.833. The highest BCUT2D eigenvalue weighted by Crippen LogP contribution is 2.11. The van der Waals surface area contributed by atoms with Crippen molar-refractivity contribution >= 4 is 11.8 Å². The van der Waals surface area contributed by atoms with E-state index < -0.39 is 17.9 Å². The Morgan fingerprint density at radius 3 is 2.70 bits per heavy atom. The first-order chi connectivity index (χ1) is 9.60. The standard InChI is InChI=1S/C14H20N2O4/c1-3-11(9-17)16-14(19)13(18)15-8-10-5-4-6-12(7-10)20-2/h4-7,11,17H,3,8-9H2,1-2H3,(H,15,18)(H,16,19)/t11-/m1/s1. The maximum atomic E-state index is 11.6. The van der Waals surface area contributed by atoms with Gasteiger partial charge in [0, 0.05) is 6.54 Å². The van der Waals surface area contributed by atoms with Crippen molar-refractivity contribution in [3.8, 4) is 5.75 Å². The Hall–Kier alpha value is -2.08. The summed E-state index contributed by atoms with van der Waals surface area (Å²) in [5.74, 6) is -0.777. The molecular formula is C14H20N2O4. The van der Waals surface area contributed by atoms with Crippen LogP contribution >= 0.6 is 0 Å². The molecule has 6 heteroatoms. The van der Waals surface area contributed by atoms with E-state index in [1.807, 2.05) is 13.0 Å². The van der Waals surface area contributed by atoms with Crippen LogP contribution in [0.5, 0.6) is 5.75 Å². The number of carbonyl (C=O) groups excluding carboxylic acids is 2. The first-order valence-electron chi connectivity index (χ1n) is 6.43. The molecule has 1 aromatic rings. The average molecular weight is 280 g/mol. The minimum Gasteiger partial charge on any atom is -0.497 e. The van der Waals surface area contributed by atoms with Crippen LogP contribution in [0.4, 0.5) is 0 Å². The zero-order chi connectivity index (χ0) is 15.0. The van der Waals surface area contributed by atoms with Crippen LogP contribution in [0.1, 0.15) is 18.9 Å². The van der Waals surface area contributed by atoms with Gasteiger partial charge in [-0.15, -0.1) is 0 Å². The predicted octanol–water partition coefficient (Wildman–Crippen LogP) is 0.199. The Morgan fingerprint density at radius 1 is 1.35 bits per heavy atom. The topological polar surface area (TPSA) is 87.7 Å². The molecule has 1 aromatic carbocycles. The summed E-state index contributed by atoms with van der Waals surface area (Å²) in [6.45, 7) is 1.86. The number of aliphatic hydroxyl groups excluding tert-OH is 1. The normalized spacial score (nSPS) is 11.6. The molecule has 3 N–H and O–H groups in total. The van der Waals surface area contributed by atoms with Crippen LogP contribution in [0.25, 0.3) is 0 Å². The smallest absolute Gasteiger partial charge is 0.309 e. The molecular weight excluding hydrogens is 260 g/mol. The number of carbonyl (C=O) groups is 2. The van der Waals surface area contributed by atoms with Gasteiger partial charge < -0.3 is 20.5 Å². The molecule has 0 spiro atoms. The predicted molar refractivity (Wildman–Crippen MR) is 74.1 cm³/mol. The number of methoxy groups -OCH3 is 1. The number of amides is 2. The summed E-state index contributed by atoms with van der Waals surface area (Å²) in [7, 11) is 1.56. The highest BCUT2D eigenvalue weighted by molar-refractivity contribution is 6.35. The van der Waals surface area contributed by atoms with Crippen molar-refractivity contribution in [2.45, 2.75) is 25.9 Å². The van der Waals surface area contributed by atoms with E-state index in [-0.39, 0.29) is 13.2 Å². The third-order valence-electron chi connectivity index (χ3n) is 2.84. The highest BCUT2D eigenvalue weighted by atomic mass is 16.5. The maximum Gasteiger partial charge on any atom is 0.309 e. The molecule has 0 aliphatic heterocycles. The van der Waals surface area contributed by atoms with E-state index in [0.29, 0.717) is 12.2 Å². The summed E-state index contributed by atoms with van der Waals surface area (Å²) in [5, 5.41) is 13.9. The maximum absolute atomic E-state index is 11.6. The van der Waals surface area contributed by atoms with Gasteiger partial charge >= 0.3 is 11.8 Å². The molecule has 0 fully saturated rings. The minimum atomic E-state index is -0.742. The van der Waals surface area contributed by atoms with E-state index in [0.717, 1.165) is 5.56 Å². The second-order valence-electron chi connectivity index (χ2n) is 4.30. The van der Waals surface area contributed by atoms with Gasteiger partial charge in [-0.1, -0.05) is 19.1 Å². The summed E-state index contributed by atoms with van der Waals surface area (Å²) in [4.78, 5) is 23.2. The Morgan fingerprint density at radius 2 is 2.10 bits per heavy atom. The SMILES string of the molecule is CC[C@H](CO)NC(=O)C(=O)NCc1cccc(OC)c1. The lowest BCUT2D eigenvalue weighted by Crippen LogP contribution is -2.45. The number of hydrogen-bond donors (Lipinski definition) is 3. The van der Waals surface area contributed by atoms with Crippen molar-refractivity contribution in [2.75, 3.05) is 13.7 Å². The number of ether oxygens (including phenoxy) is 1. The third kappa shape index (κ3) is 4.89. The van der Waals surface area contributed by atoms with E-state index in [2.05, 4.69) is 10.6 Å². The van der Waals surface area contributed by atoms with Gasteiger partial charge in [0.05, 0.1) is 19.8 Å². The zero-order valence-corrected chi connectivity index (χ0v) is 11.7. The van der Waals surface area contributed by atoms with Gasteiger partial charge in [0.25, 0.3) is 0 Å². The van der Waals surface area contributed by atoms with Crippen molar-refractivity contribution in [1.29, 1.82) is 0 Å². The van der Waals surface area contributed by atoms with E-state index in [1.54, 1.807) is 25.3 Å². The molecule has 6 nitrogen and oxygen atoms in total. The Balaban J connectivity index is 2.47. The van der Waals surface area contributed by atoms with Crippen molar-refractivity contribution in [3.63, 3.8) is 0 Å². The molecule has 0 radical (unpaired) electrons. The average Bonchev–Trinajstić information content (AvgIpc) is 2.50. The molecule has 0 aliphatic rings. The Kier molecular flexibility index (Phi) is 6.52. The monoisotopic (exact) mass is 280 g/mol. The molecule has 20 heavy (non-hydrogen) atoms. The highest BCUT2D eigenvalue weighted by Gasteiger charge is 2.16. The molecule has 0 saturated heterocycles. The third-order valence-corrected chi connectivity index (χ3v) is 2.84. The molecule has 0 aromatic heterocycles. The van der Waals surface area contributed by atoms with Crippen molar-refractivity contribution in [2.24, 2.45) is 0 Å². The van der Waals surface area contributed by atoms with Crippen LogP contribution in [0, 0.1) is 0 Å². The first kappa shape index (κ1) is 16.0. The van der Waals surface area contributed by atoms with E-state index >= 15 is 0 Å². The Bertz CT molecular complexity index is 458. The fourth-order valence-electron chi connectivity index (χ4n) is 1.57. The quantitative estimate of drug-likeness (QED) is 0.650. The lowest BCUT2D eigenvalue weighted by Gasteiger charge is -2.13. The second-order valence-corrected chi connectivity index (χ2v) is 4.30. The van der Waals surface area contributed by atoms with Gasteiger partial charge in [-0.3, -0.25) is 9.59 Å². The van der Waals surface area contributed by atoms with Gasteiger partial charge in [0.15, 0.2) is 0 Å². The molecule has 0 heterocycles. The van der Waals surface area contributed by atoms with Crippen molar-refractivity contribution < 1.29 is 19.4 Å². The minimum absolute atomic E-state index is 0.189. The van der Waals surface area contributed by atoms with Gasteiger partial charge in [-0.05, 0) is 24.1 Å². The number of rotatable bonds is 6. The molecule has 0 saturated carbocycles. The van der Waals surface area contributed by atoms with E-state index in [9.17, 15) is 9.59 Å². The van der Waals surface area contributed by atoms with Crippen LogP contribution in [-0.2, 0) is 16.1 Å². The molecule has 0 unspecified atom stereocenters. The second kappa shape index (κ2) is 8.16. The lowest BCUT2D eigenvalue weighted by atomic mass is 10.2. The zero-order valence-electron chi connectivity index (χ0n) is 11.7.